The molecule has 18 heavy (non-hydrogen) atoms. The molecule has 1 saturated heterocycles. The molecule has 0 saturated carbocycles. The Morgan fingerprint density at radius 2 is 2.39 bits per heavy atom. The maximum atomic E-state index is 12.0. The molecule has 0 bridgehead atoms. The maximum Gasteiger partial charge on any atom is 0.321 e. The molecule has 0 aromatic heterocycles. The van der Waals surface area contributed by atoms with E-state index >= 15 is 0 Å². The molecule has 5 heteroatoms. The average molecular weight is 249 g/mol. The zero-order chi connectivity index (χ0) is 13.0. The number of nitrogens with one attached hydrogen (secondary N) is 1. The highest BCUT2D eigenvalue weighted by Crippen LogP contribution is 2.18. The van der Waals surface area contributed by atoms with Gasteiger partial charge >= 0.3 is 6.03 Å². The van der Waals surface area contributed by atoms with Crippen LogP contribution in [0.2, 0.25) is 0 Å². The van der Waals surface area contributed by atoms with Crippen LogP contribution in [-0.2, 0) is 0 Å². The summed E-state index contributed by atoms with van der Waals surface area (Å²) in [5, 5.41) is 2.86. The molecule has 1 aliphatic heterocycles. The molecule has 1 fully saturated rings. The first-order chi connectivity index (χ1) is 8.69. The standard InChI is InChI=1S/C13H19N3O2/c1-18-12-6-2-5-11(8-12)15-13(17)16-7-3-4-10(14)9-16/h2,5-6,8,10H,3-4,7,9,14H2,1H3,(H,15,17)/t10-/m1/s1. The predicted octanol–water partition coefficient (Wildman–Crippen LogP) is 1.65. The number of piperidine rings is 1. The Hall–Kier alpha value is -1.75. The van der Waals surface area contributed by atoms with Crippen LogP contribution in [0.4, 0.5) is 10.5 Å². The van der Waals surface area contributed by atoms with E-state index in [1.54, 1.807) is 18.1 Å². The van der Waals surface area contributed by atoms with Crippen molar-refractivity contribution >= 4 is 11.7 Å². The van der Waals surface area contributed by atoms with Crippen molar-refractivity contribution < 1.29 is 9.53 Å². The molecule has 1 aromatic rings. The SMILES string of the molecule is COc1cccc(NC(=O)N2CCC[C@@H](N)C2)c1. The van der Waals surface area contributed by atoms with Crippen LogP contribution in [0.25, 0.3) is 0 Å². The number of nitrogens with zero attached hydrogens (tertiary/aromatic N) is 1. The van der Waals surface area contributed by atoms with Gasteiger partial charge in [0, 0.05) is 30.9 Å². The zero-order valence-corrected chi connectivity index (χ0v) is 10.6. The predicted molar refractivity (Wildman–Crippen MR) is 70.8 cm³/mol. The number of likely N-dealkylation sites (tertiary alicyclic amines) is 1. The Balaban J connectivity index is 1.97. The van der Waals surface area contributed by atoms with Crippen LogP contribution >= 0.6 is 0 Å². The van der Waals surface area contributed by atoms with Crippen molar-refractivity contribution in [3.63, 3.8) is 0 Å². The highest BCUT2D eigenvalue weighted by molar-refractivity contribution is 5.89. The highest BCUT2D eigenvalue weighted by atomic mass is 16.5. The van der Waals surface area contributed by atoms with E-state index in [-0.39, 0.29) is 12.1 Å². The fourth-order valence-corrected chi connectivity index (χ4v) is 2.10. The molecule has 0 aliphatic carbocycles. The second kappa shape index (κ2) is 5.73. The van der Waals surface area contributed by atoms with E-state index in [0.29, 0.717) is 6.54 Å². The first kappa shape index (κ1) is 12.7. The molecule has 5 nitrogen and oxygen atoms in total. The lowest BCUT2D eigenvalue weighted by atomic mass is 10.1. The van der Waals surface area contributed by atoms with E-state index in [9.17, 15) is 4.79 Å². The number of hydrogen-bond acceptors (Lipinski definition) is 3. The molecule has 2 rings (SSSR count). The summed E-state index contributed by atoms with van der Waals surface area (Å²) in [5.74, 6) is 0.725. The Labute approximate surface area is 107 Å². The summed E-state index contributed by atoms with van der Waals surface area (Å²) in [4.78, 5) is 13.8. The Kier molecular flexibility index (Phi) is 4.04. The lowest BCUT2D eigenvalue weighted by molar-refractivity contribution is 0.193. The molecule has 0 radical (unpaired) electrons. The number of urea groups is 1. The molecule has 3 N–H and O–H groups in total. The zero-order valence-electron chi connectivity index (χ0n) is 10.6. The minimum atomic E-state index is -0.0987. The fourth-order valence-electron chi connectivity index (χ4n) is 2.10. The third-order valence-corrected chi connectivity index (χ3v) is 3.07. The molecule has 2 amide bonds. The van der Waals surface area contributed by atoms with Gasteiger partial charge in [0.25, 0.3) is 0 Å². The van der Waals surface area contributed by atoms with E-state index < -0.39 is 0 Å². The Morgan fingerprint density at radius 1 is 1.56 bits per heavy atom. The molecule has 1 aliphatic rings. The average Bonchev–Trinajstić information content (AvgIpc) is 2.39. The first-order valence-electron chi connectivity index (χ1n) is 6.14. The van der Waals surface area contributed by atoms with Gasteiger partial charge in [-0.2, -0.15) is 0 Å². The van der Waals surface area contributed by atoms with Gasteiger partial charge in [-0.3, -0.25) is 0 Å². The minimum absolute atomic E-state index is 0.0924. The molecule has 98 valence electrons. The molecule has 1 heterocycles. The number of ether oxygens (including phenoxy) is 1. The van der Waals surface area contributed by atoms with Crippen LogP contribution in [0.1, 0.15) is 12.8 Å². The summed E-state index contributed by atoms with van der Waals surface area (Å²) in [7, 11) is 1.60. The van der Waals surface area contributed by atoms with E-state index in [1.807, 2.05) is 18.2 Å². The lowest BCUT2D eigenvalue weighted by Crippen LogP contribution is -2.47. The number of benzene rings is 1. The van der Waals surface area contributed by atoms with Gasteiger partial charge in [0.15, 0.2) is 0 Å². The van der Waals surface area contributed by atoms with E-state index in [1.165, 1.54) is 0 Å². The van der Waals surface area contributed by atoms with Gasteiger partial charge in [-0.05, 0) is 25.0 Å². The highest BCUT2D eigenvalue weighted by Gasteiger charge is 2.21. The third kappa shape index (κ3) is 3.13. The van der Waals surface area contributed by atoms with Crippen molar-refractivity contribution in [1.29, 1.82) is 0 Å². The van der Waals surface area contributed by atoms with Crippen LogP contribution in [-0.4, -0.2) is 37.2 Å². The van der Waals surface area contributed by atoms with Crippen molar-refractivity contribution in [3.05, 3.63) is 24.3 Å². The van der Waals surface area contributed by atoms with Gasteiger partial charge in [0.05, 0.1) is 7.11 Å². The normalized spacial score (nSPS) is 19.4. The number of carbonyl (C=O) groups excluding carboxylic acids is 1. The van der Waals surface area contributed by atoms with Crippen LogP contribution in [0.15, 0.2) is 24.3 Å². The maximum absolute atomic E-state index is 12.0. The minimum Gasteiger partial charge on any atom is -0.497 e. The van der Waals surface area contributed by atoms with E-state index in [2.05, 4.69) is 5.32 Å². The number of amides is 2. The van der Waals surface area contributed by atoms with E-state index in [0.717, 1.165) is 30.8 Å². The summed E-state index contributed by atoms with van der Waals surface area (Å²) in [5.41, 5.74) is 6.60. The second-order valence-electron chi connectivity index (χ2n) is 4.51. The molecule has 1 aromatic carbocycles. The Morgan fingerprint density at radius 3 is 3.11 bits per heavy atom. The second-order valence-corrected chi connectivity index (χ2v) is 4.51. The van der Waals surface area contributed by atoms with Gasteiger partial charge < -0.3 is 20.7 Å². The lowest BCUT2D eigenvalue weighted by Gasteiger charge is -2.30. The van der Waals surface area contributed by atoms with Crippen molar-refractivity contribution in [2.24, 2.45) is 5.73 Å². The van der Waals surface area contributed by atoms with E-state index in [4.69, 9.17) is 10.5 Å². The third-order valence-electron chi connectivity index (χ3n) is 3.07. The van der Waals surface area contributed by atoms with Gasteiger partial charge in [0.2, 0.25) is 0 Å². The number of rotatable bonds is 2. The van der Waals surface area contributed by atoms with Crippen molar-refractivity contribution in [2.75, 3.05) is 25.5 Å². The number of nitrogens with two attached hydrogens (primary N) is 1. The molecule has 1 atom stereocenters. The number of hydrogen-bond donors (Lipinski definition) is 2. The fraction of sp³-hybridized carbons (Fsp3) is 0.462. The topological polar surface area (TPSA) is 67.6 Å². The summed E-state index contributed by atoms with van der Waals surface area (Å²) in [6, 6.07) is 7.31. The monoisotopic (exact) mass is 249 g/mol. The van der Waals surface area contributed by atoms with Crippen molar-refractivity contribution in [3.8, 4) is 5.75 Å². The number of anilines is 1. The molecular formula is C13H19N3O2. The smallest absolute Gasteiger partial charge is 0.321 e. The molecule has 0 spiro atoms. The molecular weight excluding hydrogens is 230 g/mol. The molecule has 0 unspecified atom stereocenters. The van der Waals surface area contributed by atoms with Crippen LogP contribution in [0, 0.1) is 0 Å². The number of methoxy groups -OCH3 is 1. The summed E-state index contributed by atoms with van der Waals surface area (Å²) >= 11 is 0. The largest absolute Gasteiger partial charge is 0.497 e. The van der Waals surface area contributed by atoms with Crippen molar-refractivity contribution in [1.82, 2.24) is 4.90 Å². The number of carbonyl (C=O) groups is 1. The van der Waals surface area contributed by atoms with Crippen molar-refractivity contribution in [2.45, 2.75) is 18.9 Å². The van der Waals surface area contributed by atoms with Gasteiger partial charge in [-0.15, -0.1) is 0 Å². The van der Waals surface area contributed by atoms with Crippen LogP contribution in [0.5, 0.6) is 5.75 Å². The van der Waals surface area contributed by atoms with Gasteiger partial charge in [0.1, 0.15) is 5.75 Å². The summed E-state index contributed by atoms with van der Waals surface area (Å²) in [6.07, 6.45) is 1.95. The van der Waals surface area contributed by atoms with Crippen LogP contribution < -0.4 is 15.8 Å². The Bertz CT molecular complexity index is 422. The summed E-state index contributed by atoms with van der Waals surface area (Å²) in [6.45, 7) is 1.39. The quantitative estimate of drug-likeness (QED) is 0.837. The first-order valence-corrected chi connectivity index (χ1v) is 6.14. The van der Waals surface area contributed by atoms with Gasteiger partial charge in [-0.1, -0.05) is 6.07 Å². The summed E-state index contributed by atoms with van der Waals surface area (Å²) < 4.78 is 5.11. The van der Waals surface area contributed by atoms with Crippen LogP contribution in [0.3, 0.4) is 0 Å². The van der Waals surface area contributed by atoms with Gasteiger partial charge in [-0.25, -0.2) is 4.79 Å².